The fourth-order valence-electron chi connectivity index (χ4n) is 3.91. The van der Waals surface area contributed by atoms with Crippen molar-refractivity contribution in [1.29, 1.82) is 0 Å². The third kappa shape index (κ3) is 3.83. The van der Waals surface area contributed by atoms with Crippen molar-refractivity contribution in [3.63, 3.8) is 0 Å². The molecular formula is C21H21F2N3O2. The highest BCUT2D eigenvalue weighted by Crippen LogP contribution is 2.30. The number of carbonyl (C=O) groups is 2. The van der Waals surface area contributed by atoms with Crippen molar-refractivity contribution >= 4 is 23.3 Å². The van der Waals surface area contributed by atoms with Crippen LogP contribution >= 0.6 is 0 Å². The number of piperidine rings is 1. The third-order valence-electron chi connectivity index (χ3n) is 5.36. The maximum atomic E-state index is 14.1. The van der Waals surface area contributed by atoms with Crippen LogP contribution < -0.4 is 10.6 Å². The van der Waals surface area contributed by atoms with Crippen LogP contribution in [0.2, 0.25) is 0 Å². The maximum absolute atomic E-state index is 14.1. The number of rotatable bonds is 2. The molecule has 1 atom stereocenters. The van der Waals surface area contributed by atoms with E-state index in [1.165, 1.54) is 6.07 Å². The van der Waals surface area contributed by atoms with Gasteiger partial charge in [-0.15, -0.1) is 0 Å². The molecule has 2 heterocycles. The number of nitrogens with zero attached hydrogens (tertiary/aromatic N) is 1. The molecular weight excluding hydrogens is 364 g/mol. The van der Waals surface area contributed by atoms with Crippen LogP contribution in [0.25, 0.3) is 0 Å². The molecule has 146 valence electrons. The maximum Gasteiger partial charge on any atom is 0.321 e. The van der Waals surface area contributed by atoms with E-state index in [1.807, 2.05) is 6.07 Å². The number of fused-ring (bicyclic) bond motifs is 1. The number of hydrogen-bond acceptors (Lipinski definition) is 2. The predicted octanol–water partition coefficient (Wildman–Crippen LogP) is 4.26. The van der Waals surface area contributed by atoms with Crippen molar-refractivity contribution in [2.45, 2.75) is 31.6 Å². The highest BCUT2D eigenvalue weighted by atomic mass is 19.1. The average molecular weight is 385 g/mol. The van der Waals surface area contributed by atoms with E-state index in [-0.39, 0.29) is 17.9 Å². The highest BCUT2D eigenvalue weighted by molar-refractivity contribution is 5.95. The Labute approximate surface area is 161 Å². The summed E-state index contributed by atoms with van der Waals surface area (Å²) in [5.41, 5.74) is 2.73. The van der Waals surface area contributed by atoms with Gasteiger partial charge in [0.15, 0.2) is 0 Å². The summed E-state index contributed by atoms with van der Waals surface area (Å²) >= 11 is 0. The number of hydrogen-bond donors (Lipinski definition) is 2. The number of urea groups is 1. The van der Waals surface area contributed by atoms with Gasteiger partial charge in [0.1, 0.15) is 11.6 Å². The molecule has 2 N–H and O–H groups in total. The van der Waals surface area contributed by atoms with Crippen molar-refractivity contribution in [3.05, 3.63) is 59.2 Å². The molecule has 0 saturated carbocycles. The quantitative estimate of drug-likeness (QED) is 0.811. The van der Waals surface area contributed by atoms with Crippen molar-refractivity contribution in [3.8, 4) is 0 Å². The van der Waals surface area contributed by atoms with Crippen LogP contribution in [0.1, 0.15) is 36.3 Å². The lowest BCUT2D eigenvalue weighted by Gasteiger charge is -2.33. The molecule has 2 aromatic rings. The van der Waals surface area contributed by atoms with Gasteiger partial charge in [0.2, 0.25) is 5.91 Å². The molecule has 0 radical (unpaired) electrons. The SMILES string of the molecule is O=C1CCc2cc(NC(=O)N3CCC[C@@H](c4cc(F)ccc4F)C3)ccc2N1. The lowest BCUT2D eigenvalue weighted by atomic mass is 9.90. The summed E-state index contributed by atoms with van der Waals surface area (Å²) < 4.78 is 27.6. The molecule has 2 aliphatic heterocycles. The van der Waals surface area contributed by atoms with Crippen LogP contribution in [-0.2, 0) is 11.2 Å². The number of aryl methyl sites for hydroxylation is 1. The fraction of sp³-hybridized carbons (Fsp3) is 0.333. The van der Waals surface area contributed by atoms with Gasteiger partial charge < -0.3 is 15.5 Å². The Morgan fingerprint density at radius 2 is 2.00 bits per heavy atom. The molecule has 0 aromatic heterocycles. The van der Waals surface area contributed by atoms with Crippen molar-refractivity contribution in [2.24, 2.45) is 0 Å². The van der Waals surface area contributed by atoms with Gasteiger partial charge in [-0.3, -0.25) is 4.79 Å². The van der Waals surface area contributed by atoms with E-state index in [4.69, 9.17) is 0 Å². The Morgan fingerprint density at radius 1 is 1.14 bits per heavy atom. The summed E-state index contributed by atoms with van der Waals surface area (Å²) in [7, 11) is 0. The molecule has 3 amide bonds. The zero-order chi connectivity index (χ0) is 19.7. The zero-order valence-corrected chi connectivity index (χ0v) is 15.3. The normalized spacial score (nSPS) is 19.0. The molecule has 28 heavy (non-hydrogen) atoms. The van der Waals surface area contributed by atoms with Crippen molar-refractivity contribution in [1.82, 2.24) is 4.90 Å². The van der Waals surface area contributed by atoms with E-state index in [1.54, 1.807) is 17.0 Å². The van der Waals surface area contributed by atoms with Crippen molar-refractivity contribution < 1.29 is 18.4 Å². The first-order valence-corrected chi connectivity index (χ1v) is 9.43. The van der Waals surface area contributed by atoms with E-state index in [9.17, 15) is 18.4 Å². The van der Waals surface area contributed by atoms with E-state index >= 15 is 0 Å². The number of carbonyl (C=O) groups excluding carboxylic acids is 2. The second-order valence-corrected chi connectivity index (χ2v) is 7.30. The molecule has 2 aromatic carbocycles. The van der Waals surface area contributed by atoms with E-state index < -0.39 is 11.6 Å². The van der Waals surface area contributed by atoms with E-state index in [0.29, 0.717) is 43.6 Å². The van der Waals surface area contributed by atoms with Crippen LogP contribution in [0.3, 0.4) is 0 Å². The lowest BCUT2D eigenvalue weighted by Crippen LogP contribution is -2.41. The third-order valence-corrected chi connectivity index (χ3v) is 5.36. The molecule has 0 unspecified atom stereocenters. The predicted molar refractivity (Wildman–Crippen MR) is 102 cm³/mol. The zero-order valence-electron chi connectivity index (χ0n) is 15.3. The van der Waals surface area contributed by atoms with Crippen LogP contribution in [0, 0.1) is 11.6 Å². The minimum absolute atomic E-state index is 0.00627. The Morgan fingerprint density at radius 3 is 2.86 bits per heavy atom. The van der Waals surface area contributed by atoms with Gasteiger partial charge in [-0.25, -0.2) is 13.6 Å². The summed E-state index contributed by atoms with van der Waals surface area (Å²) in [6, 6.07) is 8.58. The molecule has 5 nitrogen and oxygen atoms in total. The first-order chi connectivity index (χ1) is 13.5. The summed E-state index contributed by atoms with van der Waals surface area (Å²) in [5.74, 6) is -1.15. The molecule has 0 bridgehead atoms. The Balaban J connectivity index is 1.45. The Bertz CT molecular complexity index is 932. The van der Waals surface area contributed by atoms with Gasteiger partial charge in [-0.05, 0) is 66.8 Å². The Hall–Kier alpha value is -2.96. The first kappa shape index (κ1) is 18.4. The number of halogens is 2. The second-order valence-electron chi connectivity index (χ2n) is 7.30. The minimum atomic E-state index is -0.473. The highest BCUT2D eigenvalue weighted by Gasteiger charge is 2.27. The van der Waals surface area contributed by atoms with Gasteiger partial charge in [0.25, 0.3) is 0 Å². The first-order valence-electron chi connectivity index (χ1n) is 9.43. The second kappa shape index (κ2) is 7.58. The summed E-state index contributed by atoms with van der Waals surface area (Å²) in [6.45, 7) is 0.910. The molecule has 1 saturated heterocycles. The molecule has 2 aliphatic rings. The number of amides is 3. The van der Waals surface area contributed by atoms with Crippen LogP contribution in [0.5, 0.6) is 0 Å². The topological polar surface area (TPSA) is 61.4 Å². The number of nitrogens with one attached hydrogen (secondary N) is 2. The summed E-state index contributed by atoms with van der Waals surface area (Å²) in [6.07, 6.45) is 2.50. The molecule has 7 heteroatoms. The van der Waals surface area contributed by atoms with Crippen LogP contribution in [0.15, 0.2) is 36.4 Å². The number of benzene rings is 2. The van der Waals surface area contributed by atoms with Crippen LogP contribution in [-0.4, -0.2) is 29.9 Å². The van der Waals surface area contributed by atoms with Gasteiger partial charge in [0, 0.05) is 36.8 Å². The largest absolute Gasteiger partial charge is 0.326 e. The average Bonchev–Trinajstić information content (AvgIpc) is 2.70. The minimum Gasteiger partial charge on any atom is -0.326 e. The van der Waals surface area contributed by atoms with E-state index in [2.05, 4.69) is 10.6 Å². The Kier molecular flexibility index (Phi) is 4.98. The smallest absolute Gasteiger partial charge is 0.321 e. The van der Waals surface area contributed by atoms with Crippen molar-refractivity contribution in [2.75, 3.05) is 23.7 Å². The van der Waals surface area contributed by atoms with E-state index in [0.717, 1.165) is 29.8 Å². The monoisotopic (exact) mass is 385 g/mol. The summed E-state index contributed by atoms with van der Waals surface area (Å²) in [5, 5.41) is 5.69. The fourth-order valence-corrected chi connectivity index (χ4v) is 3.91. The van der Waals surface area contributed by atoms with Gasteiger partial charge in [-0.1, -0.05) is 0 Å². The standard InChI is InChI=1S/C21H21F2N3O2/c22-15-4-6-18(23)17(11-15)14-2-1-9-26(12-14)21(28)24-16-5-7-19-13(10-16)3-8-20(27)25-19/h4-7,10-11,14H,1-3,8-9,12H2,(H,24,28)(H,25,27)/t14-/m1/s1. The summed E-state index contributed by atoms with van der Waals surface area (Å²) in [4.78, 5) is 25.8. The van der Waals surface area contributed by atoms with Gasteiger partial charge >= 0.3 is 6.03 Å². The molecule has 0 spiro atoms. The van der Waals surface area contributed by atoms with Gasteiger partial charge in [-0.2, -0.15) is 0 Å². The lowest BCUT2D eigenvalue weighted by molar-refractivity contribution is -0.116. The molecule has 1 fully saturated rings. The van der Waals surface area contributed by atoms with Crippen LogP contribution in [0.4, 0.5) is 25.0 Å². The molecule has 4 rings (SSSR count). The molecule has 0 aliphatic carbocycles. The van der Waals surface area contributed by atoms with Gasteiger partial charge in [0.05, 0.1) is 0 Å². The number of anilines is 2. The number of likely N-dealkylation sites (tertiary alicyclic amines) is 1.